The first kappa shape index (κ1) is 9.41. The quantitative estimate of drug-likeness (QED) is 0.670. The van der Waals surface area contributed by atoms with Gasteiger partial charge in [-0.2, -0.15) is 0 Å². The summed E-state index contributed by atoms with van der Waals surface area (Å²) in [7, 11) is 3.94. The molecule has 0 saturated heterocycles. The van der Waals surface area contributed by atoms with E-state index in [-0.39, 0.29) is 11.8 Å². The highest BCUT2D eigenvalue weighted by Gasteiger charge is 2.27. The minimum atomic E-state index is 0.0740. The minimum absolute atomic E-state index is 0.0740. The van der Waals surface area contributed by atoms with E-state index in [1.165, 1.54) is 5.56 Å². The zero-order valence-corrected chi connectivity index (χ0v) is 8.66. The number of Topliss-reactive ketones (excluding diaryl/α,β-unsaturated/α-hetero) is 1. The molecule has 0 fully saturated rings. The third kappa shape index (κ3) is 1.46. The molecule has 2 heteroatoms. The summed E-state index contributed by atoms with van der Waals surface area (Å²) < 4.78 is 0. The molecule has 2 nitrogen and oxygen atoms in total. The Bertz CT molecular complexity index is 357. The molecular formula is C12H15NO. The Morgan fingerprint density at radius 1 is 1.29 bits per heavy atom. The number of fused-ring (bicyclic) bond motifs is 1. The molecule has 74 valence electrons. The predicted molar refractivity (Wildman–Crippen MR) is 56.6 cm³/mol. The molecule has 1 aromatic carbocycles. The molecule has 0 N–H and O–H groups in total. The lowest BCUT2D eigenvalue weighted by atomic mass is 9.87. The van der Waals surface area contributed by atoms with Gasteiger partial charge in [0.1, 0.15) is 0 Å². The van der Waals surface area contributed by atoms with Gasteiger partial charge in [-0.15, -0.1) is 0 Å². The summed E-state index contributed by atoms with van der Waals surface area (Å²) in [4.78, 5) is 14.0. The second-order valence-electron chi connectivity index (χ2n) is 4.04. The number of carbonyl (C=O) groups is 1. The molecule has 14 heavy (non-hydrogen) atoms. The van der Waals surface area contributed by atoms with Crippen LogP contribution in [0.2, 0.25) is 0 Å². The van der Waals surface area contributed by atoms with Crippen LogP contribution in [0.4, 0.5) is 0 Å². The van der Waals surface area contributed by atoms with Crippen LogP contribution in [-0.2, 0) is 6.42 Å². The number of rotatable bonds is 1. The largest absolute Gasteiger partial charge is 0.299 e. The van der Waals surface area contributed by atoms with Crippen molar-refractivity contribution in [3.8, 4) is 0 Å². The summed E-state index contributed by atoms with van der Waals surface area (Å²) in [6.07, 6.45) is 1.97. The Morgan fingerprint density at radius 3 is 2.71 bits per heavy atom. The van der Waals surface area contributed by atoms with Crippen LogP contribution >= 0.6 is 0 Å². The number of hydrogen-bond donors (Lipinski definition) is 0. The molecule has 0 bridgehead atoms. The number of carbonyl (C=O) groups excluding carboxylic acids is 1. The average molecular weight is 189 g/mol. The summed E-state index contributed by atoms with van der Waals surface area (Å²) in [5, 5.41) is 0. The van der Waals surface area contributed by atoms with E-state index >= 15 is 0 Å². The van der Waals surface area contributed by atoms with Crippen LogP contribution in [0.1, 0.15) is 22.3 Å². The minimum Gasteiger partial charge on any atom is -0.299 e. The predicted octanol–water partition coefficient (Wildman–Crippen LogP) is 1.75. The van der Waals surface area contributed by atoms with E-state index in [1.54, 1.807) is 0 Å². The number of aryl methyl sites for hydroxylation is 1. The van der Waals surface area contributed by atoms with E-state index < -0.39 is 0 Å². The average Bonchev–Trinajstić information content (AvgIpc) is 2.18. The highest BCUT2D eigenvalue weighted by atomic mass is 16.1. The van der Waals surface area contributed by atoms with Gasteiger partial charge in [0.25, 0.3) is 0 Å². The first-order valence-corrected chi connectivity index (χ1v) is 4.98. The Morgan fingerprint density at radius 2 is 2.00 bits per heavy atom. The molecule has 0 aromatic heterocycles. The molecule has 0 amide bonds. The van der Waals surface area contributed by atoms with Crippen LogP contribution in [0.15, 0.2) is 24.3 Å². The van der Waals surface area contributed by atoms with Crippen molar-refractivity contribution in [3.63, 3.8) is 0 Å². The maximum absolute atomic E-state index is 12.0. The van der Waals surface area contributed by atoms with E-state index in [0.29, 0.717) is 0 Å². The maximum Gasteiger partial charge on any atom is 0.180 e. The van der Waals surface area contributed by atoms with Gasteiger partial charge in [0.05, 0.1) is 6.04 Å². The van der Waals surface area contributed by atoms with Gasteiger partial charge in [-0.25, -0.2) is 0 Å². The first-order valence-electron chi connectivity index (χ1n) is 4.98. The lowest BCUT2D eigenvalue weighted by molar-refractivity contribution is 0.0853. The fourth-order valence-corrected chi connectivity index (χ4v) is 2.07. The molecule has 1 aromatic rings. The van der Waals surface area contributed by atoms with Crippen molar-refractivity contribution in [2.45, 2.75) is 18.9 Å². The van der Waals surface area contributed by atoms with Crippen molar-refractivity contribution in [3.05, 3.63) is 35.4 Å². The summed E-state index contributed by atoms with van der Waals surface area (Å²) in [5.74, 6) is 0.275. The van der Waals surface area contributed by atoms with E-state index in [9.17, 15) is 4.79 Å². The standard InChI is InChI=1S/C12H15NO/c1-13(2)11-8-7-9-5-3-4-6-10(9)12(11)14/h3-6,11H,7-8H2,1-2H3/t11-/m0/s1. The van der Waals surface area contributed by atoms with Crippen LogP contribution in [0, 0.1) is 0 Å². The Labute approximate surface area is 84.5 Å². The zero-order valence-electron chi connectivity index (χ0n) is 8.66. The molecule has 1 aliphatic carbocycles. The molecule has 0 saturated carbocycles. The Hall–Kier alpha value is -1.15. The van der Waals surface area contributed by atoms with Crippen molar-refractivity contribution >= 4 is 5.78 Å². The monoisotopic (exact) mass is 189 g/mol. The Kier molecular flexibility index (Phi) is 2.38. The zero-order chi connectivity index (χ0) is 10.1. The molecule has 0 heterocycles. The van der Waals surface area contributed by atoms with Gasteiger partial charge in [0.15, 0.2) is 5.78 Å². The molecule has 2 rings (SSSR count). The van der Waals surface area contributed by atoms with Gasteiger partial charge in [0.2, 0.25) is 0 Å². The molecule has 1 aliphatic rings. The molecule has 1 atom stereocenters. The highest BCUT2D eigenvalue weighted by molar-refractivity contribution is 6.02. The van der Waals surface area contributed by atoms with Gasteiger partial charge in [-0.05, 0) is 32.5 Å². The van der Waals surface area contributed by atoms with Crippen LogP contribution < -0.4 is 0 Å². The van der Waals surface area contributed by atoms with Crippen molar-refractivity contribution in [2.24, 2.45) is 0 Å². The summed E-state index contributed by atoms with van der Waals surface area (Å²) >= 11 is 0. The van der Waals surface area contributed by atoms with Crippen molar-refractivity contribution in [2.75, 3.05) is 14.1 Å². The lowest BCUT2D eigenvalue weighted by Gasteiger charge is -2.28. The van der Waals surface area contributed by atoms with Crippen LogP contribution in [-0.4, -0.2) is 30.8 Å². The van der Waals surface area contributed by atoms with E-state index in [2.05, 4.69) is 6.07 Å². The lowest BCUT2D eigenvalue weighted by Crippen LogP contribution is -2.39. The molecular weight excluding hydrogens is 174 g/mol. The fourth-order valence-electron chi connectivity index (χ4n) is 2.07. The third-order valence-electron chi connectivity index (χ3n) is 2.90. The first-order chi connectivity index (χ1) is 6.70. The number of hydrogen-bond acceptors (Lipinski definition) is 2. The van der Waals surface area contributed by atoms with Gasteiger partial charge in [-0.1, -0.05) is 24.3 Å². The highest BCUT2D eigenvalue weighted by Crippen LogP contribution is 2.23. The topological polar surface area (TPSA) is 20.3 Å². The van der Waals surface area contributed by atoms with E-state index in [4.69, 9.17) is 0 Å². The third-order valence-corrected chi connectivity index (χ3v) is 2.90. The Balaban J connectivity index is 2.37. The SMILES string of the molecule is CN(C)[C@H]1CCc2ccccc2C1=O. The van der Waals surface area contributed by atoms with Gasteiger partial charge < -0.3 is 0 Å². The molecule has 0 aliphatic heterocycles. The number of benzene rings is 1. The van der Waals surface area contributed by atoms with E-state index in [0.717, 1.165) is 18.4 Å². The normalized spacial score (nSPS) is 21.1. The molecule has 0 radical (unpaired) electrons. The van der Waals surface area contributed by atoms with Crippen molar-refractivity contribution in [1.82, 2.24) is 4.90 Å². The summed E-state index contributed by atoms with van der Waals surface area (Å²) in [5.41, 5.74) is 2.12. The maximum atomic E-state index is 12.0. The van der Waals surface area contributed by atoms with Crippen LogP contribution in [0.5, 0.6) is 0 Å². The van der Waals surface area contributed by atoms with Crippen LogP contribution in [0.25, 0.3) is 0 Å². The van der Waals surface area contributed by atoms with Crippen molar-refractivity contribution < 1.29 is 4.79 Å². The summed E-state index contributed by atoms with van der Waals surface area (Å²) in [6.45, 7) is 0. The second-order valence-corrected chi connectivity index (χ2v) is 4.04. The van der Waals surface area contributed by atoms with E-state index in [1.807, 2.05) is 37.2 Å². The smallest absolute Gasteiger partial charge is 0.180 e. The van der Waals surface area contributed by atoms with Gasteiger partial charge in [-0.3, -0.25) is 9.69 Å². The van der Waals surface area contributed by atoms with Gasteiger partial charge in [0, 0.05) is 5.56 Å². The second kappa shape index (κ2) is 3.54. The number of likely N-dealkylation sites (N-methyl/N-ethyl adjacent to an activating group) is 1. The molecule has 0 unspecified atom stereocenters. The fraction of sp³-hybridized carbons (Fsp3) is 0.417. The van der Waals surface area contributed by atoms with Crippen LogP contribution in [0.3, 0.4) is 0 Å². The van der Waals surface area contributed by atoms with Crippen molar-refractivity contribution in [1.29, 1.82) is 0 Å². The number of ketones is 1. The summed E-state index contributed by atoms with van der Waals surface area (Å²) in [6, 6.07) is 8.01. The number of nitrogens with zero attached hydrogens (tertiary/aromatic N) is 1. The molecule has 0 spiro atoms. The van der Waals surface area contributed by atoms with Gasteiger partial charge >= 0.3 is 0 Å².